The van der Waals surface area contributed by atoms with Gasteiger partial charge in [0.05, 0.1) is 11.3 Å². The highest BCUT2D eigenvalue weighted by Crippen LogP contribution is 2.55. The second-order valence-electron chi connectivity index (χ2n) is 8.44. The molecule has 0 fully saturated rings. The maximum absolute atomic E-state index is 13.6. The number of hydrogen-bond acceptors (Lipinski definition) is 5. The van der Waals surface area contributed by atoms with Gasteiger partial charge in [-0.05, 0) is 50.5 Å². The van der Waals surface area contributed by atoms with Gasteiger partial charge < -0.3 is 11.1 Å². The Bertz CT molecular complexity index is 1330. The Morgan fingerprint density at radius 2 is 1.97 bits per heavy atom. The summed E-state index contributed by atoms with van der Waals surface area (Å²) in [6, 6.07) is 13.2. The molecule has 5 rings (SSSR count). The number of nitriles is 1. The van der Waals surface area contributed by atoms with Gasteiger partial charge in [-0.15, -0.1) is 0 Å². The number of anilines is 2. The van der Waals surface area contributed by atoms with Crippen LogP contribution in [0.4, 0.5) is 11.4 Å². The monoisotopic (exact) mass is 444 g/mol. The van der Waals surface area contributed by atoms with Crippen molar-refractivity contribution in [2.45, 2.75) is 38.5 Å². The van der Waals surface area contributed by atoms with E-state index in [1.165, 1.54) is 0 Å². The zero-order chi connectivity index (χ0) is 22.8. The number of carbonyl (C=O) groups is 2. The average molecular weight is 445 g/mol. The molecule has 2 heterocycles. The minimum Gasteiger partial charge on any atom is -0.384 e. The summed E-state index contributed by atoms with van der Waals surface area (Å²) >= 11 is 6.39. The van der Waals surface area contributed by atoms with E-state index < -0.39 is 11.3 Å². The van der Waals surface area contributed by atoms with E-state index in [0.29, 0.717) is 52.5 Å². The number of nitrogens with two attached hydrogens (primary N) is 1. The van der Waals surface area contributed by atoms with E-state index in [2.05, 4.69) is 11.4 Å². The number of halogens is 1. The zero-order valence-corrected chi connectivity index (χ0v) is 18.5. The Morgan fingerprint density at radius 3 is 2.72 bits per heavy atom. The molecule has 0 saturated heterocycles. The van der Waals surface area contributed by atoms with Crippen molar-refractivity contribution in [2.24, 2.45) is 5.73 Å². The lowest BCUT2D eigenvalue weighted by Gasteiger charge is -2.44. The Labute approximate surface area is 191 Å². The second-order valence-corrected chi connectivity index (χ2v) is 8.85. The molecular formula is C25H21ClN4O2. The number of amides is 1. The summed E-state index contributed by atoms with van der Waals surface area (Å²) in [4.78, 5) is 28.8. The van der Waals surface area contributed by atoms with Crippen molar-refractivity contribution in [3.63, 3.8) is 0 Å². The topological polar surface area (TPSA) is 99.2 Å². The maximum Gasteiger partial charge on any atom is 0.245 e. The van der Waals surface area contributed by atoms with E-state index in [4.69, 9.17) is 17.3 Å². The number of aryl methyl sites for hydroxylation is 1. The minimum absolute atomic E-state index is 0.0627. The standard InChI is InChI=1S/C25H21ClN4O2/c1-13-9-10-18-15(11-13)25(24(32)29-18)16(12-27)23(28)30(19-6-3-5-17(26)14(19)2)20-7-4-8-21(31)22(20)25/h3,5-6,9-11H,4,7-8,28H2,1-2H3,(H,29,32). The molecule has 6 nitrogen and oxygen atoms in total. The highest BCUT2D eigenvalue weighted by molar-refractivity contribution is 6.31. The fourth-order valence-corrected chi connectivity index (χ4v) is 5.39. The number of Topliss-reactive ketones (excluding diaryl/α,β-unsaturated/α-hetero) is 1. The van der Waals surface area contributed by atoms with Crippen LogP contribution in [0, 0.1) is 25.2 Å². The molecule has 1 atom stereocenters. The van der Waals surface area contributed by atoms with Crippen molar-refractivity contribution >= 4 is 34.7 Å². The van der Waals surface area contributed by atoms with Crippen LogP contribution in [0.15, 0.2) is 59.1 Å². The zero-order valence-electron chi connectivity index (χ0n) is 17.8. The first-order chi connectivity index (χ1) is 15.3. The molecule has 0 radical (unpaired) electrons. The van der Waals surface area contributed by atoms with Gasteiger partial charge in [0.1, 0.15) is 17.3 Å². The fourth-order valence-electron chi connectivity index (χ4n) is 5.22. The Kier molecular flexibility index (Phi) is 4.44. The van der Waals surface area contributed by atoms with Crippen molar-refractivity contribution in [1.82, 2.24) is 0 Å². The molecule has 3 N–H and O–H groups in total. The lowest BCUT2D eigenvalue weighted by atomic mass is 9.63. The smallest absolute Gasteiger partial charge is 0.245 e. The molecular weight excluding hydrogens is 424 g/mol. The third-order valence-electron chi connectivity index (χ3n) is 6.66. The van der Waals surface area contributed by atoms with Crippen molar-refractivity contribution in [3.8, 4) is 6.07 Å². The van der Waals surface area contributed by atoms with Gasteiger partial charge in [0.25, 0.3) is 0 Å². The lowest BCUT2D eigenvalue weighted by Crippen LogP contribution is -2.50. The molecule has 32 heavy (non-hydrogen) atoms. The van der Waals surface area contributed by atoms with Crippen LogP contribution in [0.3, 0.4) is 0 Å². The molecule has 1 unspecified atom stereocenters. The number of allylic oxidation sites excluding steroid dienone is 1. The van der Waals surface area contributed by atoms with E-state index in [1.807, 2.05) is 38.1 Å². The second kappa shape index (κ2) is 6.98. The molecule has 3 aliphatic rings. The van der Waals surface area contributed by atoms with Crippen molar-refractivity contribution < 1.29 is 9.59 Å². The molecule has 2 aliphatic heterocycles. The average Bonchev–Trinajstić information content (AvgIpc) is 3.03. The summed E-state index contributed by atoms with van der Waals surface area (Å²) in [5, 5.41) is 13.8. The predicted molar refractivity (Wildman–Crippen MR) is 123 cm³/mol. The highest BCUT2D eigenvalue weighted by atomic mass is 35.5. The van der Waals surface area contributed by atoms with Crippen molar-refractivity contribution in [2.75, 3.05) is 10.2 Å². The van der Waals surface area contributed by atoms with Gasteiger partial charge in [-0.2, -0.15) is 5.26 Å². The summed E-state index contributed by atoms with van der Waals surface area (Å²) in [6.07, 6.45) is 1.51. The van der Waals surface area contributed by atoms with Gasteiger partial charge in [0, 0.05) is 34.0 Å². The van der Waals surface area contributed by atoms with Crippen LogP contribution < -0.4 is 16.0 Å². The summed E-state index contributed by atoms with van der Waals surface area (Å²) in [6.45, 7) is 3.78. The van der Waals surface area contributed by atoms with Crippen LogP contribution in [-0.2, 0) is 15.0 Å². The van der Waals surface area contributed by atoms with Crippen LogP contribution in [0.25, 0.3) is 0 Å². The predicted octanol–water partition coefficient (Wildman–Crippen LogP) is 4.37. The molecule has 1 spiro atoms. The quantitative estimate of drug-likeness (QED) is 0.680. The lowest BCUT2D eigenvalue weighted by molar-refractivity contribution is -0.122. The third-order valence-corrected chi connectivity index (χ3v) is 7.07. The summed E-state index contributed by atoms with van der Waals surface area (Å²) < 4.78 is 0. The Balaban J connectivity index is 1.91. The molecule has 1 amide bonds. The number of benzene rings is 2. The van der Waals surface area contributed by atoms with Crippen LogP contribution >= 0.6 is 11.6 Å². The molecule has 2 aromatic carbocycles. The van der Waals surface area contributed by atoms with E-state index in [0.717, 1.165) is 11.1 Å². The summed E-state index contributed by atoms with van der Waals surface area (Å²) in [5.74, 6) is -0.403. The molecule has 0 saturated carbocycles. The van der Waals surface area contributed by atoms with E-state index >= 15 is 0 Å². The highest BCUT2D eigenvalue weighted by Gasteiger charge is 2.60. The van der Waals surface area contributed by atoms with Crippen LogP contribution in [-0.4, -0.2) is 11.7 Å². The first-order valence-electron chi connectivity index (χ1n) is 10.5. The molecule has 7 heteroatoms. The number of carbonyl (C=O) groups excluding carboxylic acids is 2. The van der Waals surface area contributed by atoms with Gasteiger partial charge in [-0.3, -0.25) is 14.5 Å². The molecule has 0 bridgehead atoms. The Morgan fingerprint density at radius 1 is 1.19 bits per heavy atom. The minimum atomic E-state index is -1.55. The van der Waals surface area contributed by atoms with Gasteiger partial charge in [-0.1, -0.05) is 35.4 Å². The summed E-state index contributed by atoms with van der Waals surface area (Å²) in [5.41, 5.74) is 9.79. The van der Waals surface area contributed by atoms with Gasteiger partial charge in [0.2, 0.25) is 5.91 Å². The van der Waals surface area contributed by atoms with E-state index in [1.54, 1.807) is 17.0 Å². The third kappa shape index (κ3) is 2.46. The number of rotatable bonds is 1. The van der Waals surface area contributed by atoms with Crippen molar-refractivity contribution in [1.29, 1.82) is 5.26 Å². The van der Waals surface area contributed by atoms with Crippen LogP contribution in [0.2, 0.25) is 5.02 Å². The normalized spacial score (nSPS) is 22.1. The van der Waals surface area contributed by atoms with E-state index in [9.17, 15) is 14.9 Å². The Hall–Kier alpha value is -3.56. The SMILES string of the molecule is Cc1ccc2c(c1)C1(C(=O)N2)C(C#N)=C(N)N(c2cccc(Cl)c2C)C2=C1C(=O)CCC2. The van der Waals surface area contributed by atoms with Gasteiger partial charge in [0.15, 0.2) is 5.78 Å². The number of nitrogens with one attached hydrogen (secondary N) is 1. The fraction of sp³-hybridized carbons (Fsp3) is 0.240. The molecule has 160 valence electrons. The first kappa shape index (κ1) is 20.3. The molecule has 0 aromatic heterocycles. The van der Waals surface area contributed by atoms with E-state index in [-0.39, 0.29) is 17.2 Å². The maximum atomic E-state index is 13.6. The first-order valence-corrected chi connectivity index (χ1v) is 10.8. The number of nitrogens with zero attached hydrogens (tertiary/aromatic N) is 2. The molecule has 2 aromatic rings. The van der Waals surface area contributed by atoms with Gasteiger partial charge >= 0.3 is 0 Å². The largest absolute Gasteiger partial charge is 0.384 e. The van der Waals surface area contributed by atoms with Crippen LogP contribution in [0.1, 0.15) is 36.0 Å². The van der Waals surface area contributed by atoms with Gasteiger partial charge in [-0.25, -0.2) is 0 Å². The number of ketones is 1. The van der Waals surface area contributed by atoms with Crippen LogP contribution in [0.5, 0.6) is 0 Å². The van der Waals surface area contributed by atoms with Crippen molar-refractivity contribution in [3.05, 3.63) is 80.8 Å². The number of hydrogen-bond donors (Lipinski definition) is 2. The summed E-state index contributed by atoms with van der Waals surface area (Å²) in [7, 11) is 0. The molecule has 1 aliphatic carbocycles. The number of fused-ring (bicyclic) bond motifs is 3.